The Morgan fingerprint density at radius 2 is 2.41 bits per heavy atom. The molecule has 1 saturated heterocycles. The molecular weight excluding hydrogens is 220 g/mol. The molecule has 0 bridgehead atoms. The van der Waals surface area contributed by atoms with E-state index in [4.69, 9.17) is 4.42 Å². The number of aryl methyl sites for hydroxylation is 1. The molecule has 2 rings (SSSR count). The van der Waals surface area contributed by atoms with Gasteiger partial charge < -0.3 is 9.73 Å². The molecule has 0 spiro atoms. The molecule has 1 fully saturated rings. The van der Waals surface area contributed by atoms with Gasteiger partial charge in [0.25, 0.3) is 0 Å². The van der Waals surface area contributed by atoms with Crippen LogP contribution >= 0.6 is 0 Å². The smallest absolute Gasteiger partial charge is 0.230 e. The molecule has 1 N–H and O–H groups in total. The largest absolute Gasteiger partial charge is 0.424 e. The summed E-state index contributed by atoms with van der Waals surface area (Å²) in [6.07, 6.45) is 2.12. The third-order valence-electron chi connectivity index (χ3n) is 2.84. The fourth-order valence-electron chi connectivity index (χ4n) is 2.20. The number of piperidine rings is 1. The van der Waals surface area contributed by atoms with E-state index in [-0.39, 0.29) is 11.9 Å². The zero-order chi connectivity index (χ0) is 12.3. The van der Waals surface area contributed by atoms with E-state index in [0.717, 1.165) is 25.9 Å². The maximum atomic E-state index is 11.0. The Bertz CT molecular complexity index is 391. The lowest BCUT2D eigenvalue weighted by atomic mass is 10.1. The number of rotatable bonds is 3. The molecular formula is C11H18N4O2. The van der Waals surface area contributed by atoms with Crippen molar-refractivity contribution in [2.24, 2.45) is 0 Å². The predicted molar refractivity (Wildman–Crippen MR) is 61.2 cm³/mol. The quantitative estimate of drug-likeness (QED) is 0.829. The second-order valence-corrected chi connectivity index (χ2v) is 4.49. The van der Waals surface area contributed by atoms with Gasteiger partial charge in [-0.1, -0.05) is 0 Å². The average molecular weight is 238 g/mol. The number of amides is 1. The molecule has 2 heterocycles. The second kappa shape index (κ2) is 5.27. The van der Waals surface area contributed by atoms with Crippen molar-refractivity contribution in [3.05, 3.63) is 11.8 Å². The van der Waals surface area contributed by atoms with Gasteiger partial charge in [-0.25, -0.2) is 0 Å². The molecule has 1 amide bonds. The van der Waals surface area contributed by atoms with Crippen LogP contribution in [-0.2, 0) is 11.3 Å². The molecule has 1 aromatic rings. The van der Waals surface area contributed by atoms with Crippen molar-refractivity contribution >= 4 is 5.91 Å². The first-order chi connectivity index (χ1) is 8.13. The van der Waals surface area contributed by atoms with Crippen molar-refractivity contribution in [2.45, 2.75) is 39.3 Å². The highest BCUT2D eigenvalue weighted by Gasteiger charge is 2.21. The Morgan fingerprint density at radius 3 is 3.06 bits per heavy atom. The SMILES string of the molecule is CC(=O)N[C@@H]1CCCN(Cc2nnc(C)o2)C1. The second-order valence-electron chi connectivity index (χ2n) is 4.49. The van der Waals surface area contributed by atoms with Crippen LogP contribution in [0.3, 0.4) is 0 Å². The fraction of sp³-hybridized carbons (Fsp3) is 0.727. The van der Waals surface area contributed by atoms with Crippen molar-refractivity contribution in [3.8, 4) is 0 Å². The topological polar surface area (TPSA) is 71.3 Å². The first-order valence-electron chi connectivity index (χ1n) is 5.92. The van der Waals surface area contributed by atoms with E-state index in [1.54, 1.807) is 13.8 Å². The van der Waals surface area contributed by atoms with Crippen LogP contribution in [0.4, 0.5) is 0 Å². The highest BCUT2D eigenvalue weighted by molar-refractivity contribution is 5.73. The van der Waals surface area contributed by atoms with Crippen molar-refractivity contribution in [3.63, 3.8) is 0 Å². The van der Waals surface area contributed by atoms with Gasteiger partial charge in [0.15, 0.2) is 0 Å². The number of nitrogens with zero attached hydrogens (tertiary/aromatic N) is 3. The van der Waals surface area contributed by atoms with E-state index in [1.165, 1.54) is 0 Å². The van der Waals surface area contributed by atoms with Crippen molar-refractivity contribution in [1.82, 2.24) is 20.4 Å². The van der Waals surface area contributed by atoms with Gasteiger partial charge in [0.2, 0.25) is 17.7 Å². The van der Waals surface area contributed by atoms with E-state index in [1.807, 2.05) is 0 Å². The van der Waals surface area contributed by atoms with E-state index in [2.05, 4.69) is 20.4 Å². The summed E-state index contributed by atoms with van der Waals surface area (Å²) >= 11 is 0. The minimum Gasteiger partial charge on any atom is -0.424 e. The fourth-order valence-corrected chi connectivity index (χ4v) is 2.20. The number of carbonyl (C=O) groups excluding carboxylic acids is 1. The Morgan fingerprint density at radius 1 is 1.59 bits per heavy atom. The van der Waals surface area contributed by atoms with Gasteiger partial charge in [-0.2, -0.15) is 0 Å². The molecule has 0 radical (unpaired) electrons. The first-order valence-corrected chi connectivity index (χ1v) is 5.92. The maximum Gasteiger partial charge on any atom is 0.230 e. The third-order valence-corrected chi connectivity index (χ3v) is 2.84. The van der Waals surface area contributed by atoms with Gasteiger partial charge >= 0.3 is 0 Å². The average Bonchev–Trinajstić information content (AvgIpc) is 2.63. The van der Waals surface area contributed by atoms with Gasteiger partial charge in [0.1, 0.15) is 0 Å². The minimum atomic E-state index is 0.0329. The number of aromatic nitrogens is 2. The van der Waals surface area contributed by atoms with Crippen LogP contribution in [0.25, 0.3) is 0 Å². The van der Waals surface area contributed by atoms with Gasteiger partial charge in [-0.15, -0.1) is 10.2 Å². The van der Waals surface area contributed by atoms with Crippen LogP contribution < -0.4 is 5.32 Å². The summed E-state index contributed by atoms with van der Waals surface area (Å²) in [5, 5.41) is 10.7. The number of nitrogens with one attached hydrogen (secondary N) is 1. The molecule has 0 unspecified atom stereocenters. The van der Waals surface area contributed by atoms with Crippen LogP contribution in [-0.4, -0.2) is 40.1 Å². The summed E-state index contributed by atoms with van der Waals surface area (Å²) in [4.78, 5) is 13.2. The normalized spacial score (nSPS) is 21.4. The first kappa shape index (κ1) is 12.0. The van der Waals surface area contributed by atoms with Crippen LogP contribution in [0, 0.1) is 6.92 Å². The number of hydrogen-bond donors (Lipinski definition) is 1. The molecule has 1 atom stereocenters. The Labute approximate surface area is 100 Å². The van der Waals surface area contributed by atoms with Crippen LogP contribution in [0.15, 0.2) is 4.42 Å². The van der Waals surface area contributed by atoms with Gasteiger partial charge in [0.05, 0.1) is 6.54 Å². The highest BCUT2D eigenvalue weighted by atomic mass is 16.4. The van der Waals surface area contributed by atoms with E-state index < -0.39 is 0 Å². The standard InChI is InChI=1S/C11H18N4O2/c1-8(16)12-10-4-3-5-15(6-10)7-11-14-13-9(2)17-11/h10H,3-7H2,1-2H3,(H,12,16)/t10-/m1/s1. The molecule has 0 aromatic carbocycles. The Kier molecular flexibility index (Phi) is 3.73. The monoisotopic (exact) mass is 238 g/mol. The molecule has 6 heteroatoms. The molecule has 94 valence electrons. The maximum absolute atomic E-state index is 11.0. The predicted octanol–water partition coefficient (Wildman–Crippen LogP) is 0.479. The summed E-state index contributed by atoms with van der Waals surface area (Å²) in [5.74, 6) is 1.27. The van der Waals surface area contributed by atoms with E-state index in [9.17, 15) is 4.79 Å². The Balaban J connectivity index is 1.87. The number of hydrogen-bond acceptors (Lipinski definition) is 5. The summed E-state index contributed by atoms with van der Waals surface area (Å²) in [6.45, 7) is 5.86. The van der Waals surface area contributed by atoms with E-state index in [0.29, 0.717) is 18.3 Å². The van der Waals surface area contributed by atoms with Crippen LogP contribution in [0.1, 0.15) is 31.5 Å². The molecule has 1 aromatic heterocycles. The number of carbonyl (C=O) groups is 1. The van der Waals surface area contributed by atoms with Crippen LogP contribution in [0.2, 0.25) is 0 Å². The van der Waals surface area contributed by atoms with Gasteiger partial charge in [-0.3, -0.25) is 9.69 Å². The van der Waals surface area contributed by atoms with Crippen molar-refractivity contribution in [2.75, 3.05) is 13.1 Å². The molecule has 1 aliphatic heterocycles. The van der Waals surface area contributed by atoms with Crippen LogP contribution in [0.5, 0.6) is 0 Å². The molecule has 17 heavy (non-hydrogen) atoms. The summed E-state index contributed by atoms with van der Waals surface area (Å²) in [5.41, 5.74) is 0. The zero-order valence-electron chi connectivity index (χ0n) is 10.3. The minimum absolute atomic E-state index is 0.0329. The van der Waals surface area contributed by atoms with Crippen molar-refractivity contribution in [1.29, 1.82) is 0 Å². The van der Waals surface area contributed by atoms with Gasteiger partial charge in [0, 0.05) is 26.4 Å². The third kappa shape index (κ3) is 3.52. The summed E-state index contributed by atoms with van der Waals surface area (Å²) in [6, 6.07) is 0.241. The number of likely N-dealkylation sites (tertiary alicyclic amines) is 1. The highest BCUT2D eigenvalue weighted by Crippen LogP contribution is 2.13. The van der Waals surface area contributed by atoms with Crippen molar-refractivity contribution < 1.29 is 9.21 Å². The molecule has 0 saturated carbocycles. The lowest BCUT2D eigenvalue weighted by Gasteiger charge is -2.31. The summed E-state index contributed by atoms with van der Waals surface area (Å²) in [7, 11) is 0. The Hall–Kier alpha value is -1.43. The lowest BCUT2D eigenvalue weighted by molar-refractivity contribution is -0.120. The molecule has 0 aliphatic carbocycles. The van der Waals surface area contributed by atoms with E-state index >= 15 is 0 Å². The molecule has 1 aliphatic rings. The molecule has 6 nitrogen and oxygen atoms in total. The lowest BCUT2D eigenvalue weighted by Crippen LogP contribution is -2.46. The van der Waals surface area contributed by atoms with Gasteiger partial charge in [-0.05, 0) is 19.4 Å². The summed E-state index contributed by atoms with van der Waals surface area (Å²) < 4.78 is 5.35. The zero-order valence-corrected chi connectivity index (χ0v) is 10.3.